The third-order valence-electron chi connectivity index (χ3n) is 3.01. The van der Waals surface area contributed by atoms with Crippen LogP contribution in [0.25, 0.3) is 0 Å². The average molecular weight is 275 g/mol. The van der Waals surface area contributed by atoms with Gasteiger partial charge in [-0.2, -0.15) is 0 Å². The largest absolute Gasteiger partial charge is 0.497 e. The van der Waals surface area contributed by atoms with Crippen molar-refractivity contribution in [3.8, 4) is 5.75 Å². The molecule has 0 heterocycles. The first-order valence-electron chi connectivity index (χ1n) is 5.94. The summed E-state index contributed by atoms with van der Waals surface area (Å²) in [6, 6.07) is 10.7. The number of anilines is 2. The molecule has 104 valence electrons. The Bertz CT molecular complexity index is 643. The number of ether oxygens (including phenoxy) is 1. The van der Waals surface area contributed by atoms with Crippen molar-refractivity contribution in [3.05, 3.63) is 53.8 Å². The van der Waals surface area contributed by atoms with Gasteiger partial charge in [0.25, 0.3) is 0 Å². The van der Waals surface area contributed by atoms with Gasteiger partial charge in [-0.15, -0.1) is 0 Å². The number of para-hydroxylation sites is 1. The van der Waals surface area contributed by atoms with E-state index in [1.807, 2.05) is 0 Å². The average Bonchev–Trinajstić information content (AvgIpc) is 2.46. The molecular formula is C15H14FNO3. The van der Waals surface area contributed by atoms with E-state index in [9.17, 15) is 14.3 Å². The van der Waals surface area contributed by atoms with E-state index >= 15 is 0 Å². The van der Waals surface area contributed by atoms with Gasteiger partial charge in [-0.05, 0) is 24.3 Å². The summed E-state index contributed by atoms with van der Waals surface area (Å²) in [5.41, 5.74) is 0.738. The molecule has 0 unspecified atom stereocenters. The van der Waals surface area contributed by atoms with E-state index in [4.69, 9.17) is 4.74 Å². The van der Waals surface area contributed by atoms with Crippen LogP contribution in [-0.4, -0.2) is 25.2 Å². The van der Waals surface area contributed by atoms with Crippen LogP contribution in [0.3, 0.4) is 0 Å². The summed E-state index contributed by atoms with van der Waals surface area (Å²) >= 11 is 0. The standard InChI is InChI=1S/C15H14FNO3/c1-17(13-6-4-3-5-12(13)16)14-9-10(20-2)7-8-11(14)15(18)19/h3-9H,1-2H3,(H,18,19). The molecule has 2 rings (SSSR count). The number of halogens is 1. The van der Waals surface area contributed by atoms with Gasteiger partial charge in [0.15, 0.2) is 0 Å². The molecule has 2 aromatic rings. The third-order valence-corrected chi connectivity index (χ3v) is 3.01. The maximum Gasteiger partial charge on any atom is 0.337 e. The van der Waals surface area contributed by atoms with Gasteiger partial charge in [0, 0.05) is 13.1 Å². The first kappa shape index (κ1) is 13.9. The number of hydrogen-bond donors (Lipinski definition) is 1. The molecule has 0 aliphatic heterocycles. The van der Waals surface area contributed by atoms with Crippen molar-refractivity contribution in [3.63, 3.8) is 0 Å². The van der Waals surface area contributed by atoms with Crippen LogP contribution in [0.4, 0.5) is 15.8 Å². The molecule has 4 nitrogen and oxygen atoms in total. The molecule has 0 aliphatic rings. The van der Waals surface area contributed by atoms with Crippen LogP contribution < -0.4 is 9.64 Å². The number of methoxy groups -OCH3 is 1. The maximum atomic E-state index is 13.8. The van der Waals surface area contributed by atoms with Crippen LogP contribution in [0.2, 0.25) is 0 Å². The fourth-order valence-corrected chi connectivity index (χ4v) is 1.95. The number of benzene rings is 2. The highest BCUT2D eigenvalue weighted by Crippen LogP contribution is 2.31. The zero-order valence-electron chi connectivity index (χ0n) is 11.1. The minimum absolute atomic E-state index is 0.0801. The van der Waals surface area contributed by atoms with E-state index in [0.29, 0.717) is 17.1 Å². The molecule has 1 N–H and O–H groups in total. The Kier molecular flexibility index (Phi) is 3.89. The van der Waals surface area contributed by atoms with E-state index in [0.717, 1.165) is 0 Å². The second kappa shape index (κ2) is 5.61. The van der Waals surface area contributed by atoms with Crippen LogP contribution in [0.1, 0.15) is 10.4 Å². The second-order valence-corrected chi connectivity index (χ2v) is 4.20. The molecule has 0 spiro atoms. The van der Waals surface area contributed by atoms with E-state index in [1.165, 1.54) is 24.1 Å². The molecule has 0 amide bonds. The van der Waals surface area contributed by atoms with Crippen LogP contribution in [0.5, 0.6) is 5.75 Å². The highest BCUT2D eigenvalue weighted by molar-refractivity contribution is 5.96. The van der Waals surface area contributed by atoms with Crippen molar-refractivity contribution >= 4 is 17.3 Å². The summed E-state index contributed by atoms with van der Waals surface area (Å²) < 4.78 is 18.9. The minimum atomic E-state index is -1.08. The number of rotatable bonds is 4. The summed E-state index contributed by atoms with van der Waals surface area (Å²) in [6.45, 7) is 0. The van der Waals surface area contributed by atoms with Gasteiger partial charge >= 0.3 is 5.97 Å². The van der Waals surface area contributed by atoms with Gasteiger partial charge < -0.3 is 14.7 Å². The minimum Gasteiger partial charge on any atom is -0.497 e. The number of hydrogen-bond acceptors (Lipinski definition) is 3. The van der Waals surface area contributed by atoms with Crippen LogP contribution in [0, 0.1) is 5.82 Å². The van der Waals surface area contributed by atoms with E-state index in [2.05, 4.69) is 0 Å². The predicted octanol–water partition coefficient (Wildman–Crippen LogP) is 3.30. The van der Waals surface area contributed by atoms with Gasteiger partial charge in [0.1, 0.15) is 11.6 Å². The molecule has 0 saturated carbocycles. The molecule has 0 radical (unpaired) electrons. The van der Waals surface area contributed by atoms with Gasteiger partial charge in [-0.25, -0.2) is 9.18 Å². The van der Waals surface area contributed by atoms with Gasteiger partial charge in [0.05, 0.1) is 24.0 Å². The Balaban J connectivity index is 2.55. The van der Waals surface area contributed by atoms with E-state index in [1.54, 1.807) is 37.4 Å². The fourth-order valence-electron chi connectivity index (χ4n) is 1.95. The number of carbonyl (C=O) groups is 1. The van der Waals surface area contributed by atoms with Gasteiger partial charge in [0.2, 0.25) is 0 Å². The topological polar surface area (TPSA) is 49.8 Å². The Morgan fingerprint density at radius 1 is 1.20 bits per heavy atom. The van der Waals surface area contributed by atoms with Crippen molar-refractivity contribution in [2.75, 3.05) is 19.1 Å². The molecule has 0 bridgehead atoms. The summed E-state index contributed by atoms with van der Waals surface area (Å²) in [6.07, 6.45) is 0. The Morgan fingerprint density at radius 3 is 2.50 bits per heavy atom. The first-order chi connectivity index (χ1) is 9.54. The third kappa shape index (κ3) is 2.56. The normalized spacial score (nSPS) is 10.2. The van der Waals surface area contributed by atoms with E-state index < -0.39 is 11.8 Å². The molecule has 0 aliphatic carbocycles. The van der Waals surface area contributed by atoms with Gasteiger partial charge in [-0.1, -0.05) is 12.1 Å². The van der Waals surface area contributed by atoms with Crippen molar-refractivity contribution in [1.82, 2.24) is 0 Å². The van der Waals surface area contributed by atoms with Crippen molar-refractivity contribution in [2.45, 2.75) is 0 Å². The monoisotopic (exact) mass is 275 g/mol. The predicted molar refractivity (Wildman–Crippen MR) is 74.4 cm³/mol. The zero-order chi connectivity index (χ0) is 14.7. The zero-order valence-corrected chi connectivity index (χ0v) is 11.1. The van der Waals surface area contributed by atoms with Crippen LogP contribution in [0.15, 0.2) is 42.5 Å². The molecule has 5 heteroatoms. The fraction of sp³-hybridized carbons (Fsp3) is 0.133. The highest BCUT2D eigenvalue weighted by atomic mass is 19.1. The Morgan fingerprint density at radius 2 is 1.90 bits per heavy atom. The quantitative estimate of drug-likeness (QED) is 0.930. The molecule has 0 saturated heterocycles. The number of aromatic carboxylic acids is 1. The van der Waals surface area contributed by atoms with Crippen LogP contribution in [-0.2, 0) is 0 Å². The molecule has 20 heavy (non-hydrogen) atoms. The van der Waals surface area contributed by atoms with Crippen LogP contribution >= 0.6 is 0 Å². The second-order valence-electron chi connectivity index (χ2n) is 4.20. The number of carboxylic acids is 1. The smallest absolute Gasteiger partial charge is 0.337 e. The molecule has 0 atom stereocenters. The number of carboxylic acid groups (broad SMARTS) is 1. The SMILES string of the molecule is COc1ccc(C(=O)O)c(N(C)c2ccccc2F)c1. The lowest BCUT2D eigenvalue weighted by molar-refractivity contribution is 0.0697. The van der Waals surface area contributed by atoms with Crippen molar-refractivity contribution in [2.24, 2.45) is 0 Å². The highest BCUT2D eigenvalue weighted by Gasteiger charge is 2.17. The summed E-state index contributed by atoms with van der Waals surface area (Å²) in [4.78, 5) is 12.8. The van der Waals surface area contributed by atoms with Gasteiger partial charge in [-0.3, -0.25) is 0 Å². The first-order valence-corrected chi connectivity index (χ1v) is 5.94. The van der Waals surface area contributed by atoms with Crippen molar-refractivity contribution < 1.29 is 19.0 Å². The molecule has 2 aromatic carbocycles. The summed E-state index contributed by atoms with van der Waals surface area (Å²) in [5, 5.41) is 9.23. The maximum absolute atomic E-state index is 13.8. The molecular weight excluding hydrogens is 261 g/mol. The summed E-state index contributed by atoms with van der Waals surface area (Å²) in [7, 11) is 3.10. The van der Waals surface area contributed by atoms with E-state index in [-0.39, 0.29) is 5.56 Å². The lowest BCUT2D eigenvalue weighted by atomic mass is 10.1. The Labute approximate surface area is 116 Å². The van der Waals surface area contributed by atoms with Crippen molar-refractivity contribution in [1.29, 1.82) is 0 Å². The lowest BCUT2D eigenvalue weighted by Gasteiger charge is -2.22. The number of nitrogens with zero attached hydrogens (tertiary/aromatic N) is 1. The molecule has 0 fully saturated rings. The Hall–Kier alpha value is -2.56. The summed E-state index contributed by atoms with van der Waals surface area (Å²) in [5.74, 6) is -0.992. The molecule has 0 aromatic heterocycles. The lowest BCUT2D eigenvalue weighted by Crippen LogP contribution is -2.15.